The van der Waals surface area contributed by atoms with Crippen LogP contribution in [0.3, 0.4) is 0 Å². The van der Waals surface area contributed by atoms with Crippen molar-refractivity contribution in [3.8, 4) is 0 Å². The van der Waals surface area contributed by atoms with Gasteiger partial charge in [0.2, 0.25) is 0 Å². The summed E-state index contributed by atoms with van der Waals surface area (Å²) in [5.74, 6) is 0. The minimum Gasteiger partial charge on any atom is -1.00 e. The van der Waals surface area contributed by atoms with E-state index in [-0.39, 0.29) is 17.0 Å². The number of hydrogen-bond acceptors (Lipinski definition) is 3. The van der Waals surface area contributed by atoms with Gasteiger partial charge in [0.15, 0.2) is 0 Å². The minimum atomic E-state index is -3.92. The first-order chi connectivity index (χ1) is 2.00. The molecule has 40 valence electrons. The summed E-state index contributed by atoms with van der Waals surface area (Å²) < 4.78 is 27.2. The molecule has 0 aromatic rings. The molecule has 5 heteroatoms. The Morgan fingerprint density at radius 3 is 1.50 bits per heavy atom. The molecular formula is CH3BrO3S-2. The largest absolute Gasteiger partial charge is 1.00 e. The molecule has 0 aromatic carbocycles. The smallest absolute Gasteiger partial charge is 0.0916 e. The lowest BCUT2D eigenvalue weighted by Gasteiger charge is -1.90. The van der Waals surface area contributed by atoms with E-state index < -0.39 is 10.1 Å². The van der Waals surface area contributed by atoms with Crippen LogP contribution in [-0.2, 0) is 10.1 Å². The second kappa shape index (κ2) is 2.54. The summed E-state index contributed by atoms with van der Waals surface area (Å²) in [6.07, 6.45) is 0.604. The van der Waals surface area contributed by atoms with Gasteiger partial charge in [-0.15, -0.1) is 0 Å². The fraction of sp³-hybridized carbons (Fsp3) is 1.00. The van der Waals surface area contributed by atoms with E-state index in [1.165, 1.54) is 0 Å². The molecule has 0 bridgehead atoms. The van der Waals surface area contributed by atoms with Crippen LogP contribution in [0.4, 0.5) is 0 Å². The van der Waals surface area contributed by atoms with Gasteiger partial charge >= 0.3 is 0 Å². The zero-order valence-electron chi connectivity index (χ0n) is 3.01. The lowest BCUT2D eigenvalue weighted by atomic mass is 12.0. The molecule has 3 nitrogen and oxygen atoms in total. The van der Waals surface area contributed by atoms with Crippen molar-refractivity contribution in [1.82, 2.24) is 0 Å². The van der Waals surface area contributed by atoms with Crippen LogP contribution in [0.25, 0.3) is 0 Å². The summed E-state index contributed by atoms with van der Waals surface area (Å²) in [7, 11) is -3.92. The van der Waals surface area contributed by atoms with E-state index in [4.69, 9.17) is 13.0 Å². The van der Waals surface area contributed by atoms with E-state index in [0.29, 0.717) is 6.26 Å². The molecule has 0 heterocycles. The van der Waals surface area contributed by atoms with E-state index in [2.05, 4.69) is 0 Å². The third-order valence-electron chi connectivity index (χ3n) is 0. The van der Waals surface area contributed by atoms with Gasteiger partial charge in [0.1, 0.15) is 0 Å². The maximum absolute atomic E-state index is 9.08. The number of halogens is 1. The van der Waals surface area contributed by atoms with Crippen molar-refractivity contribution in [3.05, 3.63) is 0 Å². The van der Waals surface area contributed by atoms with E-state index >= 15 is 0 Å². The van der Waals surface area contributed by atoms with Crippen molar-refractivity contribution in [1.29, 1.82) is 0 Å². The molecule has 0 spiro atoms. The van der Waals surface area contributed by atoms with Crippen LogP contribution in [0.5, 0.6) is 0 Å². The highest BCUT2D eigenvalue weighted by Gasteiger charge is 1.65. The Bertz CT molecular complexity index is 94.0. The zero-order valence-corrected chi connectivity index (χ0v) is 5.41. The van der Waals surface area contributed by atoms with Crippen molar-refractivity contribution in [2.24, 2.45) is 0 Å². The molecule has 0 aromatic heterocycles. The molecule has 0 fully saturated rings. The lowest BCUT2D eigenvalue weighted by molar-refractivity contribution is -0.00000557. The van der Waals surface area contributed by atoms with Gasteiger partial charge in [0.25, 0.3) is 0 Å². The third kappa shape index (κ3) is 332. The Morgan fingerprint density at radius 1 is 1.50 bits per heavy atom. The van der Waals surface area contributed by atoms with Crippen LogP contribution < -0.4 is 17.0 Å². The number of hydrogen-bond donors (Lipinski definition) is 0. The Hall–Kier alpha value is 0.390. The van der Waals surface area contributed by atoms with Crippen molar-refractivity contribution in [2.45, 2.75) is 0 Å². The Balaban J connectivity index is 0. The predicted molar refractivity (Wildman–Crippen MR) is 15.6 cm³/mol. The van der Waals surface area contributed by atoms with Crippen molar-refractivity contribution < 1.29 is 30.0 Å². The van der Waals surface area contributed by atoms with E-state index in [0.717, 1.165) is 0 Å². The highest BCUT2D eigenvalue weighted by molar-refractivity contribution is 7.84. The van der Waals surface area contributed by atoms with Gasteiger partial charge < -0.3 is 21.5 Å². The summed E-state index contributed by atoms with van der Waals surface area (Å²) in [6, 6.07) is 0. The molecule has 0 radical (unpaired) electrons. The average molecular weight is 175 g/mol. The maximum atomic E-state index is 9.08. The first-order valence-corrected chi connectivity index (χ1v) is 2.72. The summed E-state index contributed by atoms with van der Waals surface area (Å²) in [6.45, 7) is 0. The summed E-state index contributed by atoms with van der Waals surface area (Å²) in [5, 5.41) is 0. The maximum Gasteiger partial charge on any atom is 0.0916 e. The Morgan fingerprint density at radius 2 is 1.50 bits per heavy atom. The molecule has 0 aliphatic carbocycles. The molecular weight excluding hydrogens is 172 g/mol. The van der Waals surface area contributed by atoms with Crippen LogP contribution >= 0.6 is 0 Å². The summed E-state index contributed by atoms with van der Waals surface area (Å²) >= 11 is 0. The Labute approximate surface area is 46.9 Å². The standard InChI is InChI=1S/CH4O3S.BrH/c1-5(2,3)4;/h1H3,(H,2,3,4);1H/p-2. The highest BCUT2D eigenvalue weighted by Crippen LogP contribution is 1.59. The van der Waals surface area contributed by atoms with Crippen molar-refractivity contribution >= 4 is 10.1 Å². The lowest BCUT2D eigenvalue weighted by Crippen LogP contribution is -3.00. The van der Waals surface area contributed by atoms with Crippen LogP contribution in [0.15, 0.2) is 0 Å². The molecule has 0 saturated heterocycles. The summed E-state index contributed by atoms with van der Waals surface area (Å²) in [5.41, 5.74) is 0. The van der Waals surface area contributed by atoms with Gasteiger partial charge in [0, 0.05) is 6.26 Å². The Kier molecular flexibility index (Phi) is 4.08. The van der Waals surface area contributed by atoms with E-state index in [1.807, 2.05) is 0 Å². The first-order valence-electron chi connectivity index (χ1n) is 0.908. The topological polar surface area (TPSA) is 57.2 Å². The fourth-order valence-corrected chi connectivity index (χ4v) is 0. The average Bonchev–Trinajstić information content (AvgIpc) is 0.722. The quantitative estimate of drug-likeness (QED) is 0.354. The zero-order chi connectivity index (χ0) is 4.50. The van der Waals surface area contributed by atoms with Crippen LogP contribution in [0, 0.1) is 0 Å². The predicted octanol–water partition coefficient (Wildman–Crippen LogP) is -3.83. The molecule has 0 rings (SSSR count). The molecule has 0 saturated carbocycles. The first kappa shape index (κ1) is 9.63. The van der Waals surface area contributed by atoms with Crippen LogP contribution in [-0.4, -0.2) is 19.2 Å². The van der Waals surface area contributed by atoms with Gasteiger partial charge in [0.05, 0.1) is 10.1 Å². The fourth-order valence-electron chi connectivity index (χ4n) is 0. The van der Waals surface area contributed by atoms with Gasteiger partial charge in [-0.05, 0) is 0 Å². The molecule has 0 aliphatic heterocycles. The van der Waals surface area contributed by atoms with Gasteiger partial charge in [-0.1, -0.05) is 0 Å². The molecule has 0 aliphatic rings. The van der Waals surface area contributed by atoms with Crippen LogP contribution in [0.1, 0.15) is 0 Å². The van der Waals surface area contributed by atoms with Gasteiger partial charge in [-0.2, -0.15) is 0 Å². The summed E-state index contributed by atoms with van der Waals surface area (Å²) in [4.78, 5) is 0. The van der Waals surface area contributed by atoms with Crippen molar-refractivity contribution in [3.63, 3.8) is 0 Å². The molecule has 0 unspecified atom stereocenters. The second-order valence-electron chi connectivity index (χ2n) is 0.704. The number of rotatable bonds is 0. The van der Waals surface area contributed by atoms with Crippen molar-refractivity contribution in [2.75, 3.05) is 6.26 Å². The molecule has 6 heavy (non-hydrogen) atoms. The van der Waals surface area contributed by atoms with Gasteiger partial charge in [-0.3, -0.25) is 0 Å². The molecule has 0 amide bonds. The van der Waals surface area contributed by atoms with E-state index in [9.17, 15) is 0 Å². The molecule has 0 N–H and O–H groups in total. The second-order valence-corrected chi connectivity index (χ2v) is 2.11. The third-order valence-corrected chi connectivity index (χ3v) is 0. The molecule has 0 atom stereocenters. The van der Waals surface area contributed by atoms with E-state index in [1.54, 1.807) is 0 Å². The SMILES string of the molecule is CS(=O)(=O)[O-].[Br-]. The van der Waals surface area contributed by atoms with Crippen LogP contribution in [0.2, 0.25) is 0 Å². The normalized spacial score (nSPS) is 9.67. The monoisotopic (exact) mass is 174 g/mol. The highest BCUT2D eigenvalue weighted by atomic mass is 79.9. The van der Waals surface area contributed by atoms with Gasteiger partial charge in [-0.25, -0.2) is 8.42 Å². The minimum absolute atomic E-state index is 0.